The lowest BCUT2D eigenvalue weighted by molar-refractivity contribution is 1.05. The Labute approximate surface area is 69.5 Å². The van der Waals surface area contributed by atoms with Gasteiger partial charge in [-0.2, -0.15) is 12.6 Å². The molecule has 5 heteroatoms. The van der Waals surface area contributed by atoms with Gasteiger partial charge in [-0.1, -0.05) is 0 Å². The number of anilines is 1. The first-order valence-electron chi connectivity index (χ1n) is 3.23. The average molecular weight is 171 g/mol. The van der Waals surface area contributed by atoms with Gasteiger partial charge in [0.05, 0.1) is 0 Å². The molecule has 0 atom stereocenters. The molecular formula is C6H9N3OS. The van der Waals surface area contributed by atoms with Gasteiger partial charge < -0.3 is 5.32 Å². The van der Waals surface area contributed by atoms with Crippen LogP contribution < -0.4 is 11.0 Å². The topological polar surface area (TPSA) is 57.8 Å². The van der Waals surface area contributed by atoms with Crippen LogP contribution in [0.3, 0.4) is 0 Å². The van der Waals surface area contributed by atoms with Crippen LogP contribution in [0.1, 0.15) is 0 Å². The van der Waals surface area contributed by atoms with Crippen molar-refractivity contribution in [3.63, 3.8) is 0 Å². The minimum Gasteiger partial charge on any atom is -0.371 e. The van der Waals surface area contributed by atoms with Gasteiger partial charge >= 0.3 is 5.69 Å². The second-order valence-corrected chi connectivity index (χ2v) is 2.39. The Balaban J connectivity index is 2.64. The van der Waals surface area contributed by atoms with Crippen molar-refractivity contribution in [2.24, 2.45) is 0 Å². The van der Waals surface area contributed by atoms with Gasteiger partial charge in [0.2, 0.25) is 0 Å². The second kappa shape index (κ2) is 4.02. The van der Waals surface area contributed by atoms with E-state index in [0.717, 1.165) is 12.3 Å². The van der Waals surface area contributed by atoms with Gasteiger partial charge in [-0.15, -0.1) is 0 Å². The Hall–Kier alpha value is -0.970. The minimum absolute atomic E-state index is 0.339. The predicted molar refractivity (Wildman–Crippen MR) is 47.2 cm³/mol. The summed E-state index contributed by atoms with van der Waals surface area (Å²) in [7, 11) is 0. The zero-order valence-corrected chi connectivity index (χ0v) is 6.77. The number of thiol groups is 1. The van der Waals surface area contributed by atoms with Crippen molar-refractivity contribution in [3.8, 4) is 0 Å². The molecule has 0 unspecified atom stereocenters. The van der Waals surface area contributed by atoms with Crippen molar-refractivity contribution in [2.45, 2.75) is 0 Å². The Bertz CT molecular complexity index is 273. The number of hydrogen-bond acceptors (Lipinski definition) is 4. The first-order chi connectivity index (χ1) is 5.33. The fraction of sp³-hybridized carbons (Fsp3) is 0.333. The highest BCUT2D eigenvalue weighted by Crippen LogP contribution is 1.93. The van der Waals surface area contributed by atoms with Gasteiger partial charge in [0.15, 0.2) is 0 Å². The lowest BCUT2D eigenvalue weighted by Crippen LogP contribution is -2.13. The molecule has 1 aromatic heterocycles. The van der Waals surface area contributed by atoms with E-state index in [9.17, 15) is 4.79 Å². The number of nitrogens with zero attached hydrogens (tertiary/aromatic N) is 1. The third kappa shape index (κ3) is 2.63. The van der Waals surface area contributed by atoms with E-state index < -0.39 is 0 Å². The minimum atomic E-state index is -0.339. The molecule has 4 nitrogen and oxygen atoms in total. The monoisotopic (exact) mass is 171 g/mol. The highest BCUT2D eigenvalue weighted by Gasteiger charge is 1.89. The second-order valence-electron chi connectivity index (χ2n) is 1.94. The predicted octanol–water partition coefficient (Wildman–Crippen LogP) is 0.112. The van der Waals surface area contributed by atoms with E-state index in [4.69, 9.17) is 0 Å². The SMILES string of the molecule is O=c1nccc(NCCS)[nH]1. The first-order valence-corrected chi connectivity index (χ1v) is 3.86. The number of aromatic amines is 1. The number of H-pyrrole nitrogens is 1. The lowest BCUT2D eigenvalue weighted by atomic mass is 10.5. The molecule has 1 aromatic rings. The van der Waals surface area contributed by atoms with Gasteiger partial charge in [0, 0.05) is 18.5 Å². The van der Waals surface area contributed by atoms with E-state index in [1.165, 1.54) is 6.20 Å². The van der Waals surface area contributed by atoms with Gasteiger partial charge in [0.1, 0.15) is 5.82 Å². The molecule has 0 saturated heterocycles. The number of aromatic nitrogens is 2. The van der Waals surface area contributed by atoms with E-state index in [-0.39, 0.29) is 5.69 Å². The number of hydrogen-bond donors (Lipinski definition) is 3. The molecule has 0 aliphatic rings. The maximum atomic E-state index is 10.6. The van der Waals surface area contributed by atoms with Crippen LogP contribution in [0.15, 0.2) is 17.1 Å². The molecule has 0 saturated carbocycles. The fourth-order valence-corrected chi connectivity index (χ4v) is 0.774. The van der Waals surface area contributed by atoms with E-state index in [1.54, 1.807) is 6.07 Å². The summed E-state index contributed by atoms with van der Waals surface area (Å²) < 4.78 is 0. The van der Waals surface area contributed by atoms with Crippen LogP contribution in [0, 0.1) is 0 Å². The molecule has 2 N–H and O–H groups in total. The highest BCUT2D eigenvalue weighted by atomic mass is 32.1. The van der Waals surface area contributed by atoms with Crippen molar-refractivity contribution in [1.29, 1.82) is 0 Å². The molecule has 1 heterocycles. The van der Waals surface area contributed by atoms with Crippen LogP contribution in [0.4, 0.5) is 5.82 Å². The van der Waals surface area contributed by atoms with Crippen molar-refractivity contribution in [1.82, 2.24) is 9.97 Å². The lowest BCUT2D eigenvalue weighted by Gasteiger charge is -2.00. The summed E-state index contributed by atoms with van der Waals surface area (Å²) in [6.07, 6.45) is 1.46. The van der Waals surface area contributed by atoms with Crippen LogP contribution in [-0.2, 0) is 0 Å². The molecule has 0 fully saturated rings. The summed E-state index contributed by atoms with van der Waals surface area (Å²) in [6, 6.07) is 1.70. The third-order valence-corrected chi connectivity index (χ3v) is 1.33. The Morgan fingerprint density at radius 2 is 2.55 bits per heavy atom. The smallest absolute Gasteiger partial charge is 0.346 e. The Kier molecular flexibility index (Phi) is 2.97. The molecule has 1 rings (SSSR count). The van der Waals surface area contributed by atoms with Crippen LogP contribution in [0.25, 0.3) is 0 Å². The van der Waals surface area contributed by atoms with Crippen molar-refractivity contribution in [3.05, 3.63) is 22.7 Å². The van der Waals surface area contributed by atoms with Crippen LogP contribution in [0.2, 0.25) is 0 Å². The van der Waals surface area contributed by atoms with E-state index in [0.29, 0.717) is 5.82 Å². The molecule has 0 radical (unpaired) electrons. The molecule has 0 spiro atoms. The van der Waals surface area contributed by atoms with Crippen LogP contribution >= 0.6 is 12.6 Å². The van der Waals surface area contributed by atoms with E-state index in [2.05, 4.69) is 27.9 Å². The Morgan fingerprint density at radius 1 is 1.73 bits per heavy atom. The molecule has 11 heavy (non-hydrogen) atoms. The zero-order valence-electron chi connectivity index (χ0n) is 5.87. The summed E-state index contributed by atoms with van der Waals surface area (Å²) in [5.74, 6) is 1.41. The summed E-state index contributed by atoms with van der Waals surface area (Å²) in [4.78, 5) is 16.6. The van der Waals surface area contributed by atoms with Gasteiger partial charge in [-0.05, 0) is 6.07 Å². The number of nitrogens with one attached hydrogen (secondary N) is 2. The standard InChI is InChI=1S/C6H9N3OS/c10-6-8-2-1-5(9-6)7-3-4-11/h1-2,11H,3-4H2,(H2,7,8,9,10). The third-order valence-electron chi connectivity index (χ3n) is 1.10. The molecule has 0 amide bonds. The molecule has 0 bridgehead atoms. The molecule has 0 aromatic carbocycles. The normalized spacial score (nSPS) is 9.55. The van der Waals surface area contributed by atoms with Gasteiger partial charge in [-0.25, -0.2) is 9.78 Å². The number of rotatable bonds is 3. The van der Waals surface area contributed by atoms with Crippen molar-refractivity contribution < 1.29 is 0 Å². The summed E-state index contributed by atoms with van der Waals surface area (Å²) in [5.41, 5.74) is -0.339. The Morgan fingerprint density at radius 3 is 3.18 bits per heavy atom. The molecule has 0 aliphatic heterocycles. The molecule has 60 valence electrons. The van der Waals surface area contributed by atoms with Crippen molar-refractivity contribution in [2.75, 3.05) is 17.6 Å². The van der Waals surface area contributed by atoms with Gasteiger partial charge in [0.25, 0.3) is 0 Å². The summed E-state index contributed by atoms with van der Waals surface area (Å²) in [5, 5.41) is 2.96. The van der Waals surface area contributed by atoms with Crippen LogP contribution in [-0.4, -0.2) is 22.3 Å². The average Bonchev–Trinajstić information content (AvgIpc) is 2.01. The zero-order chi connectivity index (χ0) is 8.10. The van der Waals surface area contributed by atoms with E-state index >= 15 is 0 Å². The summed E-state index contributed by atoms with van der Waals surface area (Å²) >= 11 is 4.01. The summed E-state index contributed by atoms with van der Waals surface area (Å²) in [6.45, 7) is 0.725. The first kappa shape index (κ1) is 8.13. The maximum Gasteiger partial charge on any atom is 0.346 e. The molecule has 0 aliphatic carbocycles. The van der Waals surface area contributed by atoms with Gasteiger partial charge in [-0.3, -0.25) is 4.98 Å². The maximum absolute atomic E-state index is 10.6. The fourth-order valence-electron chi connectivity index (χ4n) is 0.662. The molecular weight excluding hydrogens is 162 g/mol. The van der Waals surface area contributed by atoms with E-state index in [1.807, 2.05) is 0 Å². The highest BCUT2D eigenvalue weighted by molar-refractivity contribution is 7.80. The quantitative estimate of drug-likeness (QED) is 0.566. The van der Waals surface area contributed by atoms with Crippen molar-refractivity contribution >= 4 is 18.4 Å². The van der Waals surface area contributed by atoms with Crippen LogP contribution in [0.5, 0.6) is 0 Å². The largest absolute Gasteiger partial charge is 0.371 e.